The van der Waals surface area contributed by atoms with Gasteiger partial charge in [0.2, 0.25) is 5.91 Å². The monoisotopic (exact) mass is 493 g/mol. The van der Waals surface area contributed by atoms with Gasteiger partial charge >= 0.3 is 0 Å². The number of halogens is 1. The Morgan fingerprint density at radius 1 is 1.15 bits per heavy atom. The Bertz CT molecular complexity index is 620. The van der Waals surface area contributed by atoms with Crippen molar-refractivity contribution in [1.82, 2.24) is 16.0 Å². The molecule has 26 heavy (non-hydrogen) atoms. The molecular formula is C17H28IN5O2S. The van der Waals surface area contributed by atoms with E-state index >= 15 is 0 Å². The molecule has 0 bridgehead atoms. The van der Waals surface area contributed by atoms with Gasteiger partial charge in [0.15, 0.2) is 5.96 Å². The van der Waals surface area contributed by atoms with Gasteiger partial charge < -0.3 is 21.7 Å². The molecule has 9 heteroatoms. The van der Waals surface area contributed by atoms with Crippen molar-refractivity contribution in [2.24, 2.45) is 10.7 Å². The average Bonchev–Trinajstić information content (AvgIpc) is 2.60. The first kappa shape index (κ1) is 24.5. The minimum Gasteiger partial charge on any atom is -0.368 e. The van der Waals surface area contributed by atoms with Crippen LogP contribution < -0.4 is 21.7 Å². The summed E-state index contributed by atoms with van der Waals surface area (Å²) in [6, 6.07) is 7.12. The predicted octanol–water partition coefficient (Wildman–Crippen LogP) is 1.33. The Hall–Kier alpha value is -1.49. The number of carbonyl (C=O) groups is 2. The van der Waals surface area contributed by atoms with Gasteiger partial charge in [-0.05, 0) is 37.8 Å². The molecule has 146 valence electrons. The molecule has 0 aromatic heterocycles. The van der Waals surface area contributed by atoms with Crippen molar-refractivity contribution in [2.75, 3.05) is 26.4 Å². The summed E-state index contributed by atoms with van der Waals surface area (Å²) in [6.07, 6.45) is 2.08. The third-order valence-corrected chi connectivity index (χ3v) is 4.81. The Balaban J connectivity index is 0.00000625. The second-order valence-corrected chi connectivity index (χ2v) is 7.60. The van der Waals surface area contributed by atoms with Crippen molar-refractivity contribution in [3.63, 3.8) is 0 Å². The molecular weight excluding hydrogens is 465 g/mol. The summed E-state index contributed by atoms with van der Waals surface area (Å²) in [4.78, 5) is 26.7. The smallest absolute Gasteiger partial charge is 0.251 e. The molecule has 0 radical (unpaired) electrons. The number of nitrogens with zero attached hydrogens (tertiary/aromatic N) is 1. The Morgan fingerprint density at radius 2 is 1.77 bits per heavy atom. The van der Waals surface area contributed by atoms with E-state index in [0.29, 0.717) is 12.1 Å². The van der Waals surface area contributed by atoms with Crippen LogP contribution in [0.15, 0.2) is 29.3 Å². The third-order valence-electron chi connectivity index (χ3n) is 3.56. The van der Waals surface area contributed by atoms with E-state index in [1.54, 1.807) is 30.9 Å². The minimum atomic E-state index is -0.572. The summed E-state index contributed by atoms with van der Waals surface area (Å²) in [5.74, 6) is -0.168. The van der Waals surface area contributed by atoms with Crippen LogP contribution in [-0.4, -0.2) is 48.9 Å². The Morgan fingerprint density at radius 3 is 2.27 bits per heavy atom. The molecule has 1 aromatic carbocycles. The van der Waals surface area contributed by atoms with Crippen LogP contribution >= 0.6 is 35.7 Å². The van der Waals surface area contributed by atoms with Gasteiger partial charge in [0, 0.05) is 30.4 Å². The van der Waals surface area contributed by atoms with Gasteiger partial charge in [0.1, 0.15) is 0 Å². The van der Waals surface area contributed by atoms with Crippen LogP contribution in [-0.2, 0) is 11.3 Å². The molecule has 0 heterocycles. The number of benzene rings is 1. The molecule has 0 aliphatic carbocycles. The van der Waals surface area contributed by atoms with Crippen LogP contribution in [0.2, 0.25) is 0 Å². The number of amides is 2. The van der Waals surface area contributed by atoms with Crippen LogP contribution in [0.3, 0.4) is 0 Å². The second-order valence-electron chi connectivity index (χ2n) is 6.09. The van der Waals surface area contributed by atoms with E-state index in [0.717, 1.165) is 18.1 Å². The number of nitrogens with one attached hydrogen (secondary N) is 3. The number of rotatable bonds is 8. The summed E-state index contributed by atoms with van der Waals surface area (Å²) < 4.78 is 0.123. The van der Waals surface area contributed by atoms with Crippen LogP contribution in [0.4, 0.5) is 0 Å². The Labute approximate surface area is 176 Å². The zero-order valence-electron chi connectivity index (χ0n) is 15.6. The van der Waals surface area contributed by atoms with Crippen molar-refractivity contribution in [1.29, 1.82) is 0 Å². The van der Waals surface area contributed by atoms with E-state index in [2.05, 4.69) is 41.0 Å². The number of nitrogens with two attached hydrogens (primary N) is 1. The lowest BCUT2D eigenvalue weighted by atomic mass is 10.1. The van der Waals surface area contributed by atoms with E-state index in [1.807, 2.05) is 12.1 Å². The number of guanidine groups is 1. The Kier molecular flexibility index (Phi) is 11.3. The van der Waals surface area contributed by atoms with Gasteiger partial charge in [0.25, 0.3) is 5.91 Å². The van der Waals surface area contributed by atoms with Gasteiger partial charge in [-0.1, -0.05) is 12.1 Å². The second kappa shape index (κ2) is 12.0. The third kappa shape index (κ3) is 9.27. The minimum absolute atomic E-state index is 0. The summed E-state index contributed by atoms with van der Waals surface area (Å²) in [5.41, 5.74) is 6.50. The maximum absolute atomic E-state index is 11.8. The molecule has 0 atom stereocenters. The average molecular weight is 493 g/mol. The topological polar surface area (TPSA) is 109 Å². The molecule has 0 unspecified atom stereocenters. The molecule has 1 aromatic rings. The fourth-order valence-corrected chi connectivity index (χ4v) is 2.04. The summed E-state index contributed by atoms with van der Waals surface area (Å²) >= 11 is 1.79. The number of primary amides is 1. The first-order valence-electron chi connectivity index (χ1n) is 7.92. The van der Waals surface area contributed by atoms with E-state index in [9.17, 15) is 9.59 Å². The maximum atomic E-state index is 11.8. The first-order valence-corrected chi connectivity index (χ1v) is 9.15. The zero-order valence-corrected chi connectivity index (χ0v) is 18.7. The highest BCUT2D eigenvalue weighted by molar-refractivity contribution is 14.0. The lowest BCUT2D eigenvalue weighted by Crippen LogP contribution is -2.43. The number of aliphatic imine (C=N–C) groups is 1. The predicted molar refractivity (Wildman–Crippen MR) is 119 cm³/mol. The van der Waals surface area contributed by atoms with E-state index in [-0.39, 0.29) is 41.2 Å². The highest BCUT2D eigenvalue weighted by Gasteiger charge is 2.16. The highest BCUT2D eigenvalue weighted by atomic mass is 127. The number of carbonyl (C=O) groups excluding carboxylic acids is 2. The quantitative estimate of drug-likeness (QED) is 0.248. The van der Waals surface area contributed by atoms with Crippen LogP contribution in [0.1, 0.15) is 29.8 Å². The van der Waals surface area contributed by atoms with Gasteiger partial charge in [0.05, 0.1) is 6.54 Å². The van der Waals surface area contributed by atoms with Crippen LogP contribution in [0.25, 0.3) is 0 Å². The van der Waals surface area contributed by atoms with Crippen molar-refractivity contribution in [2.45, 2.75) is 25.1 Å². The lowest BCUT2D eigenvalue weighted by Gasteiger charge is -2.23. The molecule has 1 rings (SSSR count). The van der Waals surface area contributed by atoms with Gasteiger partial charge in [-0.2, -0.15) is 11.8 Å². The SMILES string of the molecule is CN=C(NCc1ccc(C(=O)NCC(N)=O)cc1)NCC(C)(C)SC.I. The fourth-order valence-electron chi connectivity index (χ4n) is 1.82. The number of thioether (sulfide) groups is 1. The largest absolute Gasteiger partial charge is 0.368 e. The van der Waals surface area contributed by atoms with Crippen LogP contribution in [0.5, 0.6) is 0 Å². The number of hydrogen-bond donors (Lipinski definition) is 4. The molecule has 0 fully saturated rings. The normalized spacial score (nSPS) is 11.3. The fraction of sp³-hybridized carbons (Fsp3) is 0.471. The standard InChI is InChI=1S/C17H27N5O2S.HI/c1-17(2,25-4)11-22-16(19-3)21-9-12-5-7-13(8-6-12)15(24)20-10-14(18)23;/h5-8H,9-11H2,1-4H3,(H2,18,23)(H,20,24)(H2,19,21,22);1H. The maximum Gasteiger partial charge on any atom is 0.251 e. The van der Waals surface area contributed by atoms with Crippen molar-refractivity contribution in [3.05, 3.63) is 35.4 Å². The molecule has 7 nitrogen and oxygen atoms in total. The molecule has 0 spiro atoms. The van der Waals surface area contributed by atoms with Gasteiger partial charge in [-0.15, -0.1) is 24.0 Å². The molecule has 2 amide bonds. The van der Waals surface area contributed by atoms with Gasteiger partial charge in [-0.3, -0.25) is 14.6 Å². The lowest BCUT2D eigenvalue weighted by molar-refractivity contribution is -0.117. The van der Waals surface area contributed by atoms with Crippen molar-refractivity contribution in [3.8, 4) is 0 Å². The zero-order chi connectivity index (χ0) is 18.9. The van der Waals surface area contributed by atoms with E-state index < -0.39 is 5.91 Å². The number of hydrogen-bond acceptors (Lipinski definition) is 4. The summed E-state index contributed by atoms with van der Waals surface area (Å²) in [7, 11) is 1.73. The molecule has 0 saturated carbocycles. The van der Waals surface area contributed by atoms with E-state index in [1.165, 1.54) is 0 Å². The summed E-state index contributed by atoms with van der Waals surface area (Å²) in [5, 5.41) is 8.99. The van der Waals surface area contributed by atoms with Crippen molar-refractivity contribution >= 4 is 53.5 Å². The molecule has 0 saturated heterocycles. The van der Waals surface area contributed by atoms with E-state index in [4.69, 9.17) is 5.73 Å². The van der Waals surface area contributed by atoms with Crippen molar-refractivity contribution < 1.29 is 9.59 Å². The highest BCUT2D eigenvalue weighted by Crippen LogP contribution is 2.19. The first-order chi connectivity index (χ1) is 11.8. The van der Waals surface area contributed by atoms with Crippen LogP contribution in [0, 0.1) is 0 Å². The summed E-state index contributed by atoms with van der Waals surface area (Å²) in [6.45, 7) is 5.55. The molecule has 5 N–H and O–H groups in total. The van der Waals surface area contributed by atoms with Gasteiger partial charge in [-0.25, -0.2) is 0 Å². The molecule has 0 aliphatic rings. The molecule has 0 aliphatic heterocycles.